The number of aliphatic hydroxyl groups excluding tert-OH is 1. The van der Waals surface area contributed by atoms with Crippen LogP contribution in [0.5, 0.6) is 0 Å². The number of fused-ring (bicyclic) bond motifs is 3. The van der Waals surface area contributed by atoms with Crippen LogP contribution in [-0.4, -0.2) is 32.9 Å². The van der Waals surface area contributed by atoms with Crippen LogP contribution in [0.1, 0.15) is 57.0 Å². The minimum absolute atomic E-state index is 0.400. The summed E-state index contributed by atoms with van der Waals surface area (Å²) < 4.78 is 3.49. The van der Waals surface area contributed by atoms with Gasteiger partial charge in [-0.2, -0.15) is 0 Å². The molecule has 5 nitrogen and oxygen atoms in total. The van der Waals surface area contributed by atoms with Crippen molar-refractivity contribution in [3.63, 3.8) is 0 Å². The summed E-state index contributed by atoms with van der Waals surface area (Å²) in [5.41, 5.74) is 3.06. The van der Waals surface area contributed by atoms with Crippen molar-refractivity contribution >= 4 is 38.8 Å². The molecule has 25 heavy (non-hydrogen) atoms. The molecule has 1 atom stereocenters. The van der Waals surface area contributed by atoms with E-state index in [1.807, 2.05) is 19.5 Å². The molecule has 0 spiro atoms. The number of thiophene rings is 1. The van der Waals surface area contributed by atoms with Crippen LogP contribution in [0.4, 0.5) is 0 Å². The van der Waals surface area contributed by atoms with Crippen LogP contribution in [0.15, 0.2) is 22.6 Å². The number of aromatic nitrogens is 3. The van der Waals surface area contributed by atoms with Gasteiger partial charge in [-0.15, -0.1) is 11.3 Å². The SMILES string of the molecule is CN=CCC1CCC(n2c([C@@H](C)O)nc3cnc4ccsc4c32)CC1. The van der Waals surface area contributed by atoms with Gasteiger partial charge >= 0.3 is 0 Å². The lowest BCUT2D eigenvalue weighted by molar-refractivity contribution is 0.175. The molecular formula is C19H24N4OS. The maximum Gasteiger partial charge on any atom is 0.138 e. The first-order chi connectivity index (χ1) is 12.2. The Hall–Kier alpha value is -1.79. The van der Waals surface area contributed by atoms with Gasteiger partial charge in [0.1, 0.15) is 17.4 Å². The van der Waals surface area contributed by atoms with E-state index in [4.69, 9.17) is 4.98 Å². The molecule has 0 aromatic carbocycles. The lowest BCUT2D eigenvalue weighted by Crippen LogP contribution is -2.21. The summed E-state index contributed by atoms with van der Waals surface area (Å²) in [4.78, 5) is 13.4. The highest BCUT2D eigenvalue weighted by Crippen LogP contribution is 2.39. The van der Waals surface area contributed by atoms with Crippen molar-refractivity contribution in [2.24, 2.45) is 10.9 Å². The molecule has 0 radical (unpaired) electrons. The second-order valence-corrected chi connectivity index (χ2v) is 7.91. The van der Waals surface area contributed by atoms with Crippen molar-refractivity contribution < 1.29 is 5.11 Å². The molecule has 3 aromatic heterocycles. The summed E-state index contributed by atoms with van der Waals surface area (Å²) in [6.45, 7) is 1.81. The van der Waals surface area contributed by atoms with E-state index >= 15 is 0 Å². The molecule has 1 saturated carbocycles. The molecule has 4 rings (SSSR count). The third-order valence-electron chi connectivity index (χ3n) is 5.33. The monoisotopic (exact) mass is 356 g/mol. The molecule has 3 heterocycles. The van der Waals surface area contributed by atoms with E-state index in [1.165, 1.54) is 17.5 Å². The fourth-order valence-electron chi connectivity index (χ4n) is 4.05. The maximum absolute atomic E-state index is 10.3. The van der Waals surface area contributed by atoms with Gasteiger partial charge in [0.2, 0.25) is 0 Å². The van der Waals surface area contributed by atoms with Crippen molar-refractivity contribution in [2.45, 2.75) is 51.2 Å². The second-order valence-electron chi connectivity index (χ2n) is 6.99. The van der Waals surface area contributed by atoms with Crippen LogP contribution in [0.2, 0.25) is 0 Å². The number of nitrogens with zero attached hydrogens (tertiary/aromatic N) is 4. The van der Waals surface area contributed by atoms with Crippen molar-refractivity contribution in [1.29, 1.82) is 0 Å². The number of hydrogen-bond donors (Lipinski definition) is 1. The minimum atomic E-state index is -0.577. The van der Waals surface area contributed by atoms with Crippen LogP contribution in [-0.2, 0) is 0 Å². The number of imidazole rings is 1. The quantitative estimate of drug-likeness (QED) is 0.699. The molecule has 0 amide bonds. The molecule has 0 saturated heterocycles. The number of aliphatic hydroxyl groups is 1. The van der Waals surface area contributed by atoms with Crippen molar-refractivity contribution in [3.05, 3.63) is 23.5 Å². The third kappa shape index (κ3) is 2.98. The van der Waals surface area contributed by atoms with Gasteiger partial charge in [-0.3, -0.25) is 4.98 Å². The van der Waals surface area contributed by atoms with E-state index in [-0.39, 0.29) is 0 Å². The summed E-state index contributed by atoms with van der Waals surface area (Å²) in [5.74, 6) is 1.50. The van der Waals surface area contributed by atoms with Gasteiger partial charge in [-0.25, -0.2) is 4.98 Å². The van der Waals surface area contributed by atoms with Crippen LogP contribution >= 0.6 is 11.3 Å². The molecule has 0 aliphatic heterocycles. The molecule has 6 heteroatoms. The predicted molar refractivity (Wildman–Crippen MR) is 104 cm³/mol. The maximum atomic E-state index is 10.3. The van der Waals surface area contributed by atoms with Crippen LogP contribution in [0.25, 0.3) is 21.3 Å². The van der Waals surface area contributed by atoms with Crippen LogP contribution < -0.4 is 0 Å². The molecule has 1 fully saturated rings. The Morgan fingerprint density at radius 3 is 2.88 bits per heavy atom. The lowest BCUT2D eigenvalue weighted by Gasteiger charge is -2.30. The summed E-state index contributed by atoms with van der Waals surface area (Å²) in [6.07, 6.45) is 9.05. The van der Waals surface area contributed by atoms with Gasteiger partial charge in [-0.1, -0.05) is 0 Å². The summed E-state index contributed by atoms with van der Waals surface area (Å²) in [5, 5.41) is 12.4. The van der Waals surface area contributed by atoms with Gasteiger partial charge < -0.3 is 14.7 Å². The Balaban J connectivity index is 1.75. The van der Waals surface area contributed by atoms with Crippen molar-refractivity contribution in [2.75, 3.05) is 7.05 Å². The van der Waals surface area contributed by atoms with E-state index in [0.717, 1.165) is 47.6 Å². The van der Waals surface area contributed by atoms with E-state index in [0.29, 0.717) is 6.04 Å². The van der Waals surface area contributed by atoms with E-state index in [1.54, 1.807) is 18.3 Å². The molecule has 3 aromatic rings. The van der Waals surface area contributed by atoms with Gasteiger partial charge in [0, 0.05) is 13.1 Å². The molecule has 1 N–H and O–H groups in total. The Labute approximate surface area is 151 Å². The average Bonchev–Trinajstić information content (AvgIpc) is 3.24. The fraction of sp³-hybridized carbons (Fsp3) is 0.526. The van der Waals surface area contributed by atoms with Crippen molar-refractivity contribution in [1.82, 2.24) is 14.5 Å². The predicted octanol–water partition coefficient (Wildman–Crippen LogP) is 4.52. The van der Waals surface area contributed by atoms with E-state index in [9.17, 15) is 5.11 Å². The normalized spacial score (nSPS) is 23.0. The van der Waals surface area contributed by atoms with Gasteiger partial charge in [-0.05, 0) is 62.6 Å². The van der Waals surface area contributed by atoms with Crippen LogP contribution in [0, 0.1) is 5.92 Å². The molecule has 0 unspecified atom stereocenters. The van der Waals surface area contributed by atoms with E-state index < -0.39 is 6.10 Å². The summed E-state index contributed by atoms with van der Waals surface area (Å²) in [7, 11) is 1.85. The number of pyridine rings is 1. The molecule has 132 valence electrons. The first-order valence-corrected chi connectivity index (χ1v) is 9.89. The van der Waals surface area contributed by atoms with Crippen molar-refractivity contribution in [3.8, 4) is 0 Å². The summed E-state index contributed by atoms with van der Waals surface area (Å²) in [6, 6.07) is 2.46. The highest BCUT2D eigenvalue weighted by atomic mass is 32.1. The number of rotatable bonds is 4. The van der Waals surface area contributed by atoms with Gasteiger partial charge in [0.25, 0.3) is 0 Å². The lowest BCUT2D eigenvalue weighted by atomic mass is 9.84. The number of hydrogen-bond acceptors (Lipinski definition) is 5. The topological polar surface area (TPSA) is 63.3 Å². The Bertz CT molecular complexity index is 903. The Kier molecular flexibility index (Phi) is 4.56. The minimum Gasteiger partial charge on any atom is -0.385 e. The number of aliphatic imine (C=N–C) groups is 1. The van der Waals surface area contributed by atoms with E-state index in [2.05, 4.69) is 26.0 Å². The zero-order chi connectivity index (χ0) is 17.4. The zero-order valence-electron chi connectivity index (χ0n) is 14.7. The molecule has 0 bridgehead atoms. The first-order valence-electron chi connectivity index (χ1n) is 9.01. The Morgan fingerprint density at radius 2 is 2.16 bits per heavy atom. The fourth-order valence-corrected chi connectivity index (χ4v) is 4.94. The largest absolute Gasteiger partial charge is 0.385 e. The Morgan fingerprint density at radius 1 is 1.36 bits per heavy atom. The molecule has 1 aliphatic rings. The summed E-state index contributed by atoms with van der Waals surface area (Å²) >= 11 is 1.71. The van der Waals surface area contributed by atoms with Gasteiger partial charge in [0.05, 0.1) is 21.9 Å². The zero-order valence-corrected chi connectivity index (χ0v) is 15.5. The standard InChI is InChI=1S/C19H24N4OS/c1-12(24)19-22-16-11-21-15-8-10-25-18(15)17(16)23(19)14-5-3-13(4-6-14)7-9-20-2/h8-14,24H,3-7H2,1-2H3/t12-,13?,14?/m1/s1. The highest BCUT2D eigenvalue weighted by Gasteiger charge is 2.27. The second kappa shape index (κ2) is 6.84. The smallest absolute Gasteiger partial charge is 0.138 e. The van der Waals surface area contributed by atoms with Gasteiger partial charge in [0.15, 0.2) is 0 Å². The molecular weight excluding hydrogens is 332 g/mol. The third-order valence-corrected chi connectivity index (χ3v) is 6.24. The van der Waals surface area contributed by atoms with Crippen LogP contribution in [0.3, 0.4) is 0 Å². The first kappa shape index (κ1) is 16.7. The average molecular weight is 356 g/mol. The molecule has 1 aliphatic carbocycles. The highest BCUT2D eigenvalue weighted by molar-refractivity contribution is 7.18.